The van der Waals surface area contributed by atoms with Gasteiger partial charge in [0.05, 0.1) is 14.2 Å². The number of ether oxygens (including phenoxy) is 3. The van der Waals surface area contributed by atoms with E-state index in [0.29, 0.717) is 5.75 Å². The topological polar surface area (TPSA) is 27.7 Å². The smallest absolute Gasteiger partial charge is 0.161 e. The molecule has 2 aromatic rings. The minimum Gasteiger partial charge on any atom is -0.493 e. The van der Waals surface area contributed by atoms with Gasteiger partial charge in [0.15, 0.2) is 11.5 Å². The summed E-state index contributed by atoms with van der Waals surface area (Å²) in [7, 11) is 3.29. The van der Waals surface area contributed by atoms with Crippen molar-refractivity contribution in [1.29, 1.82) is 0 Å². The van der Waals surface area contributed by atoms with Gasteiger partial charge in [-0.25, -0.2) is 0 Å². The lowest BCUT2D eigenvalue weighted by atomic mass is 9.94. The summed E-state index contributed by atoms with van der Waals surface area (Å²) in [4.78, 5) is 0. The lowest BCUT2D eigenvalue weighted by Crippen LogP contribution is -2.14. The Hall–Kier alpha value is -2.42. The van der Waals surface area contributed by atoms with Gasteiger partial charge in [-0.05, 0) is 37.6 Å². The van der Waals surface area contributed by atoms with Crippen LogP contribution in [0, 0.1) is 0 Å². The van der Waals surface area contributed by atoms with E-state index in [1.807, 2.05) is 30.3 Å². The van der Waals surface area contributed by atoms with E-state index in [2.05, 4.69) is 32.1 Å². The number of hydrogen-bond donors (Lipinski definition) is 0. The zero-order valence-electron chi connectivity index (χ0n) is 13.3. The van der Waals surface area contributed by atoms with Crippen molar-refractivity contribution >= 4 is 11.8 Å². The van der Waals surface area contributed by atoms with Gasteiger partial charge in [-0.3, -0.25) is 0 Å². The molecule has 0 radical (unpaired) electrons. The van der Waals surface area contributed by atoms with Crippen LogP contribution in [-0.4, -0.2) is 14.2 Å². The first-order valence-electron chi connectivity index (χ1n) is 7.28. The molecular formula is C19H20O3. The summed E-state index contributed by atoms with van der Waals surface area (Å²) in [5.74, 6) is 2.28. The van der Waals surface area contributed by atoms with Crippen LogP contribution in [0.4, 0.5) is 0 Å². The van der Waals surface area contributed by atoms with E-state index in [1.165, 1.54) is 0 Å². The largest absolute Gasteiger partial charge is 0.493 e. The van der Waals surface area contributed by atoms with Gasteiger partial charge < -0.3 is 14.2 Å². The summed E-state index contributed by atoms with van der Waals surface area (Å²) in [6.07, 6.45) is 2.06. The molecule has 0 unspecified atom stereocenters. The molecule has 0 saturated carbocycles. The van der Waals surface area contributed by atoms with Crippen molar-refractivity contribution in [1.82, 2.24) is 0 Å². The first-order chi connectivity index (χ1) is 10.5. The summed E-state index contributed by atoms with van der Waals surface area (Å²) < 4.78 is 17.0. The summed E-state index contributed by atoms with van der Waals surface area (Å²) in [5, 5.41) is 0. The van der Waals surface area contributed by atoms with Gasteiger partial charge in [0.25, 0.3) is 0 Å². The average Bonchev–Trinajstić information content (AvgIpc) is 2.77. The Morgan fingerprint density at radius 3 is 2.23 bits per heavy atom. The van der Waals surface area contributed by atoms with Gasteiger partial charge in [-0.15, -0.1) is 0 Å². The molecule has 114 valence electrons. The molecule has 0 amide bonds. The maximum atomic E-state index is 6.17. The number of rotatable bonds is 3. The molecule has 0 aromatic heterocycles. The van der Waals surface area contributed by atoms with E-state index in [4.69, 9.17) is 14.2 Å². The van der Waals surface area contributed by atoms with Crippen LogP contribution in [0.5, 0.6) is 11.5 Å². The van der Waals surface area contributed by atoms with Gasteiger partial charge in [-0.2, -0.15) is 0 Å². The van der Waals surface area contributed by atoms with Gasteiger partial charge >= 0.3 is 0 Å². The second-order valence-electron chi connectivity index (χ2n) is 5.78. The van der Waals surface area contributed by atoms with Crippen LogP contribution in [0.15, 0.2) is 42.5 Å². The van der Waals surface area contributed by atoms with Gasteiger partial charge in [0, 0.05) is 11.1 Å². The van der Waals surface area contributed by atoms with Gasteiger partial charge in [0.2, 0.25) is 0 Å². The molecule has 1 aliphatic rings. The highest BCUT2D eigenvalue weighted by Gasteiger charge is 2.36. The summed E-state index contributed by atoms with van der Waals surface area (Å²) >= 11 is 0. The third-order valence-electron chi connectivity index (χ3n) is 3.90. The van der Waals surface area contributed by atoms with E-state index in [-0.39, 0.29) is 0 Å². The quantitative estimate of drug-likeness (QED) is 0.836. The molecule has 3 heteroatoms. The van der Waals surface area contributed by atoms with Crippen LogP contribution in [0.1, 0.15) is 30.5 Å². The van der Waals surface area contributed by atoms with Crippen molar-refractivity contribution in [2.24, 2.45) is 0 Å². The second-order valence-corrected chi connectivity index (χ2v) is 5.78. The highest BCUT2D eigenvalue weighted by atomic mass is 16.5. The fourth-order valence-corrected chi connectivity index (χ4v) is 2.77. The zero-order valence-corrected chi connectivity index (χ0v) is 13.3. The molecule has 22 heavy (non-hydrogen) atoms. The van der Waals surface area contributed by atoms with E-state index in [1.54, 1.807) is 14.2 Å². The molecule has 3 rings (SSSR count). The first kappa shape index (κ1) is 14.5. The average molecular weight is 296 g/mol. The number of methoxy groups -OCH3 is 2. The van der Waals surface area contributed by atoms with Crippen LogP contribution < -0.4 is 9.47 Å². The molecule has 0 bridgehead atoms. The summed E-state index contributed by atoms with van der Waals surface area (Å²) in [6, 6.07) is 14.1. The SMILES string of the molecule is COc1cc2c(cc1OC)C(C)(C)O/C2=C\c1ccccc1. The highest BCUT2D eigenvalue weighted by Crippen LogP contribution is 2.47. The predicted octanol–water partition coefficient (Wildman–Crippen LogP) is 4.47. The van der Waals surface area contributed by atoms with Crippen LogP contribution in [0.25, 0.3) is 11.8 Å². The molecule has 1 heterocycles. The predicted molar refractivity (Wildman–Crippen MR) is 88.0 cm³/mol. The van der Waals surface area contributed by atoms with Crippen molar-refractivity contribution in [2.75, 3.05) is 14.2 Å². The van der Waals surface area contributed by atoms with Crippen molar-refractivity contribution in [3.05, 3.63) is 59.2 Å². The molecule has 2 aromatic carbocycles. The Labute approximate surface area is 131 Å². The molecule has 0 spiro atoms. The molecule has 0 fully saturated rings. The standard InChI is InChI=1S/C19H20O3/c1-19(2)15-12-18(21-4)17(20-3)11-14(15)16(22-19)10-13-8-6-5-7-9-13/h5-12H,1-4H3/b16-10-. The maximum Gasteiger partial charge on any atom is 0.161 e. The van der Waals surface area contributed by atoms with Crippen molar-refractivity contribution < 1.29 is 14.2 Å². The van der Waals surface area contributed by atoms with E-state index in [0.717, 1.165) is 28.2 Å². The second kappa shape index (κ2) is 5.41. The Balaban J connectivity index is 2.15. The molecule has 1 aliphatic heterocycles. The fraction of sp³-hybridized carbons (Fsp3) is 0.263. The maximum absolute atomic E-state index is 6.17. The van der Waals surface area contributed by atoms with E-state index < -0.39 is 5.60 Å². The van der Waals surface area contributed by atoms with E-state index in [9.17, 15) is 0 Å². The molecule has 0 saturated heterocycles. The van der Waals surface area contributed by atoms with E-state index >= 15 is 0 Å². The number of fused-ring (bicyclic) bond motifs is 1. The third kappa shape index (κ3) is 2.43. The Morgan fingerprint density at radius 2 is 1.59 bits per heavy atom. The van der Waals surface area contributed by atoms with Crippen LogP contribution in [-0.2, 0) is 10.3 Å². The molecule has 3 nitrogen and oxygen atoms in total. The zero-order chi connectivity index (χ0) is 15.7. The Bertz CT molecular complexity index is 715. The summed E-state index contributed by atoms with van der Waals surface area (Å²) in [5.41, 5.74) is 2.87. The third-order valence-corrected chi connectivity index (χ3v) is 3.90. The minimum absolute atomic E-state index is 0.393. The molecule has 0 atom stereocenters. The molecule has 0 aliphatic carbocycles. The number of hydrogen-bond acceptors (Lipinski definition) is 3. The Morgan fingerprint density at radius 1 is 0.955 bits per heavy atom. The highest BCUT2D eigenvalue weighted by molar-refractivity contribution is 5.83. The van der Waals surface area contributed by atoms with Crippen molar-refractivity contribution in [2.45, 2.75) is 19.4 Å². The van der Waals surface area contributed by atoms with Crippen LogP contribution in [0.2, 0.25) is 0 Å². The van der Waals surface area contributed by atoms with Crippen molar-refractivity contribution in [3.63, 3.8) is 0 Å². The molecule has 0 N–H and O–H groups in total. The van der Waals surface area contributed by atoms with Gasteiger partial charge in [-0.1, -0.05) is 30.3 Å². The lowest BCUT2D eigenvalue weighted by molar-refractivity contribution is 0.0939. The van der Waals surface area contributed by atoms with Crippen LogP contribution >= 0.6 is 0 Å². The Kier molecular flexibility index (Phi) is 3.57. The fourth-order valence-electron chi connectivity index (χ4n) is 2.77. The minimum atomic E-state index is -0.393. The summed E-state index contributed by atoms with van der Waals surface area (Å²) in [6.45, 7) is 4.12. The monoisotopic (exact) mass is 296 g/mol. The van der Waals surface area contributed by atoms with Crippen molar-refractivity contribution in [3.8, 4) is 11.5 Å². The first-order valence-corrected chi connectivity index (χ1v) is 7.28. The van der Waals surface area contributed by atoms with Gasteiger partial charge in [0.1, 0.15) is 11.4 Å². The normalized spacial score (nSPS) is 17.0. The van der Waals surface area contributed by atoms with Crippen LogP contribution in [0.3, 0.4) is 0 Å². The molecular weight excluding hydrogens is 276 g/mol. The lowest BCUT2D eigenvalue weighted by Gasteiger charge is -2.19. The number of benzene rings is 2.